The van der Waals surface area contributed by atoms with E-state index in [4.69, 9.17) is 10.7 Å². The molecule has 21 heavy (non-hydrogen) atoms. The zero-order valence-electron chi connectivity index (χ0n) is 14.3. The summed E-state index contributed by atoms with van der Waals surface area (Å²) in [5, 5.41) is 0. The van der Waals surface area contributed by atoms with Gasteiger partial charge in [-0.3, -0.25) is 0 Å². The van der Waals surface area contributed by atoms with E-state index in [0.29, 0.717) is 5.92 Å². The van der Waals surface area contributed by atoms with Crippen LogP contribution in [0.5, 0.6) is 0 Å². The molecule has 3 heteroatoms. The molecule has 0 atom stereocenters. The van der Waals surface area contributed by atoms with Crippen LogP contribution in [-0.2, 0) is 5.54 Å². The molecule has 0 radical (unpaired) electrons. The SMILES string of the molecule is Cc1cc(C)cc(-c2nc(C(C)C)n(C(C)(C)C)c2N)c1. The fourth-order valence-electron chi connectivity index (χ4n) is 2.87. The second kappa shape index (κ2) is 5.21. The largest absolute Gasteiger partial charge is 0.383 e. The molecule has 0 amide bonds. The molecular weight excluding hydrogens is 258 g/mol. The minimum Gasteiger partial charge on any atom is -0.383 e. The number of imidazole rings is 1. The van der Waals surface area contributed by atoms with Gasteiger partial charge in [-0.2, -0.15) is 0 Å². The third-order valence-electron chi connectivity index (χ3n) is 3.62. The van der Waals surface area contributed by atoms with Crippen molar-refractivity contribution in [2.24, 2.45) is 0 Å². The summed E-state index contributed by atoms with van der Waals surface area (Å²) >= 11 is 0. The van der Waals surface area contributed by atoms with Crippen molar-refractivity contribution in [3.05, 3.63) is 35.2 Å². The lowest BCUT2D eigenvalue weighted by molar-refractivity contribution is 0.382. The van der Waals surface area contributed by atoms with E-state index in [0.717, 1.165) is 22.9 Å². The first-order valence-electron chi connectivity index (χ1n) is 7.58. The topological polar surface area (TPSA) is 43.8 Å². The highest BCUT2D eigenvalue weighted by Crippen LogP contribution is 2.34. The lowest BCUT2D eigenvalue weighted by Gasteiger charge is -2.26. The Balaban J connectivity index is 2.71. The zero-order chi connectivity index (χ0) is 15.9. The third-order valence-corrected chi connectivity index (χ3v) is 3.62. The Morgan fingerprint density at radius 2 is 1.57 bits per heavy atom. The first kappa shape index (κ1) is 15.6. The van der Waals surface area contributed by atoms with E-state index in [9.17, 15) is 0 Å². The molecule has 0 spiro atoms. The van der Waals surface area contributed by atoms with Crippen LogP contribution in [0.15, 0.2) is 18.2 Å². The van der Waals surface area contributed by atoms with Crippen molar-refractivity contribution in [3.63, 3.8) is 0 Å². The summed E-state index contributed by atoms with van der Waals surface area (Å²) in [7, 11) is 0. The van der Waals surface area contributed by atoms with Crippen LogP contribution in [0.2, 0.25) is 0 Å². The van der Waals surface area contributed by atoms with Crippen LogP contribution >= 0.6 is 0 Å². The van der Waals surface area contributed by atoms with Crippen molar-refractivity contribution in [3.8, 4) is 11.3 Å². The van der Waals surface area contributed by atoms with E-state index in [1.165, 1.54) is 11.1 Å². The molecule has 3 nitrogen and oxygen atoms in total. The Morgan fingerprint density at radius 3 is 1.95 bits per heavy atom. The molecular formula is C18H27N3. The zero-order valence-corrected chi connectivity index (χ0v) is 14.3. The molecule has 1 aromatic heterocycles. The van der Waals surface area contributed by atoms with E-state index in [2.05, 4.69) is 71.2 Å². The first-order chi connectivity index (χ1) is 9.61. The van der Waals surface area contributed by atoms with Gasteiger partial charge in [-0.25, -0.2) is 4.98 Å². The number of hydrogen-bond donors (Lipinski definition) is 1. The van der Waals surface area contributed by atoms with Gasteiger partial charge in [0.2, 0.25) is 0 Å². The average molecular weight is 285 g/mol. The van der Waals surface area contributed by atoms with Gasteiger partial charge in [0, 0.05) is 17.0 Å². The van der Waals surface area contributed by atoms with Crippen LogP contribution < -0.4 is 5.73 Å². The Kier molecular flexibility index (Phi) is 3.87. The molecule has 2 rings (SSSR count). The van der Waals surface area contributed by atoms with Gasteiger partial charge in [-0.15, -0.1) is 0 Å². The molecule has 114 valence electrons. The fourth-order valence-corrected chi connectivity index (χ4v) is 2.87. The summed E-state index contributed by atoms with van der Waals surface area (Å²) < 4.78 is 2.17. The molecule has 0 fully saturated rings. The average Bonchev–Trinajstić information content (AvgIpc) is 2.65. The molecule has 0 saturated carbocycles. The maximum Gasteiger partial charge on any atom is 0.132 e. The van der Waals surface area contributed by atoms with Crippen molar-refractivity contribution < 1.29 is 0 Å². The highest BCUT2D eigenvalue weighted by Gasteiger charge is 2.26. The van der Waals surface area contributed by atoms with Gasteiger partial charge < -0.3 is 10.3 Å². The Bertz CT molecular complexity index is 638. The Hall–Kier alpha value is -1.77. The van der Waals surface area contributed by atoms with Gasteiger partial charge in [0.25, 0.3) is 0 Å². The summed E-state index contributed by atoms with van der Waals surface area (Å²) in [5.41, 5.74) is 10.9. The van der Waals surface area contributed by atoms with E-state index >= 15 is 0 Å². The van der Waals surface area contributed by atoms with Gasteiger partial charge in [0.1, 0.15) is 17.3 Å². The first-order valence-corrected chi connectivity index (χ1v) is 7.58. The summed E-state index contributed by atoms with van der Waals surface area (Å²) in [4.78, 5) is 4.87. The second-order valence-electron chi connectivity index (χ2n) is 7.24. The van der Waals surface area contributed by atoms with E-state index in [1.54, 1.807) is 0 Å². The summed E-state index contributed by atoms with van der Waals surface area (Å²) in [6.45, 7) is 15.0. The number of nitrogens with zero attached hydrogens (tertiary/aromatic N) is 2. The summed E-state index contributed by atoms with van der Waals surface area (Å²) in [6, 6.07) is 6.48. The van der Waals surface area contributed by atoms with Crippen molar-refractivity contribution >= 4 is 5.82 Å². The predicted octanol–water partition coefficient (Wildman–Crippen LogP) is 4.63. The smallest absolute Gasteiger partial charge is 0.132 e. The van der Waals surface area contributed by atoms with E-state index in [-0.39, 0.29) is 5.54 Å². The molecule has 1 aromatic carbocycles. The quantitative estimate of drug-likeness (QED) is 0.874. The number of nitrogens with two attached hydrogens (primary N) is 1. The minimum atomic E-state index is -0.0756. The van der Waals surface area contributed by atoms with Gasteiger partial charge in [-0.1, -0.05) is 31.0 Å². The predicted molar refractivity (Wildman–Crippen MR) is 90.6 cm³/mol. The number of hydrogen-bond acceptors (Lipinski definition) is 2. The van der Waals surface area contributed by atoms with Crippen LogP contribution in [-0.4, -0.2) is 9.55 Å². The van der Waals surface area contributed by atoms with Crippen molar-refractivity contribution in [2.75, 3.05) is 5.73 Å². The van der Waals surface area contributed by atoms with E-state index in [1.807, 2.05) is 0 Å². The van der Waals surface area contributed by atoms with Crippen LogP contribution in [0, 0.1) is 13.8 Å². The minimum absolute atomic E-state index is 0.0756. The highest BCUT2D eigenvalue weighted by atomic mass is 15.2. The number of rotatable bonds is 2. The molecule has 0 bridgehead atoms. The van der Waals surface area contributed by atoms with Crippen molar-refractivity contribution in [2.45, 2.75) is 59.9 Å². The third kappa shape index (κ3) is 2.97. The summed E-state index contributed by atoms with van der Waals surface area (Å²) in [5.74, 6) is 2.15. The number of aromatic nitrogens is 2. The van der Waals surface area contributed by atoms with Gasteiger partial charge >= 0.3 is 0 Å². The molecule has 0 saturated heterocycles. The van der Waals surface area contributed by atoms with Gasteiger partial charge in [0.05, 0.1) is 0 Å². The lowest BCUT2D eigenvalue weighted by Crippen LogP contribution is -2.26. The van der Waals surface area contributed by atoms with Gasteiger partial charge in [-0.05, 0) is 46.8 Å². The monoisotopic (exact) mass is 285 g/mol. The molecule has 1 heterocycles. The van der Waals surface area contributed by atoms with Crippen LogP contribution in [0.1, 0.15) is 57.5 Å². The van der Waals surface area contributed by atoms with Crippen molar-refractivity contribution in [1.29, 1.82) is 0 Å². The lowest BCUT2D eigenvalue weighted by atomic mass is 10.0. The molecule has 0 unspecified atom stereocenters. The Morgan fingerprint density at radius 1 is 1.05 bits per heavy atom. The van der Waals surface area contributed by atoms with Crippen LogP contribution in [0.3, 0.4) is 0 Å². The number of anilines is 1. The number of nitrogen functional groups attached to an aromatic ring is 1. The molecule has 2 aromatic rings. The maximum atomic E-state index is 6.46. The maximum absolute atomic E-state index is 6.46. The van der Waals surface area contributed by atoms with Crippen molar-refractivity contribution in [1.82, 2.24) is 9.55 Å². The van der Waals surface area contributed by atoms with E-state index < -0.39 is 0 Å². The molecule has 0 aliphatic carbocycles. The Labute approximate surface area is 128 Å². The molecule has 0 aliphatic rings. The summed E-state index contributed by atoms with van der Waals surface area (Å²) in [6.07, 6.45) is 0. The molecule has 0 aliphatic heterocycles. The van der Waals surface area contributed by atoms with Crippen LogP contribution in [0.25, 0.3) is 11.3 Å². The molecule has 2 N–H and O–H groups in total. The van der Waals surface area contributed by atoms with Crippen LogP contribution in [0.4, 0.5) is 5.82 Å². The number of benzene rings is 1. The second-order valence-corrected chi connectivity index (χ2v) is 7.24. The normalized spacial score (nSPS) is 12.2. The number of aryl methyl sites for hydroxylation is 2. The highest BCUT2D eigenvalue weighted by molar-refractivity contribution is 5.72. The fraction of sp³-hybridized carbons (Fsp3) is 0.500. The standard InChI is InChI=1S/C18H27N3/c1-11(2)17-20-15(16(19)21(17)18(5,6)7)14-9-12(3)8-13(4)10-14/h8-11H,19H2,1-7H3. The van der Waals surface area contributed by atoms with Gasteiger partial charge in [0.15, 0.2) is 0 Å².